The number of H-pyrrole nitrogens is 1. The predicted molar refractivity (Wildman–Crippen MR) is 85.8 cm³/mol. The van der Waals surface area contributed by atoms with Crippen molar-refractivity contribution in [2.24, 2.45) is 0 Å². The third-order valence-corrected chi connectivity index (χ3v) is 5.05. The molecule has 3 heterocycles. The zero-order chi connectivity index (χ0) is 18.0. The number of likely N-dealkylation sites (tertiary alicyclic amines) is 1. The molecule has 2 aliphatic rings. The number of amides is 1. The topological polar surface area (TPSA) is 55.5 Å². The number of piperazine rings is 1. The van der Waals surface area contributed by atoms with Crippen molar-refractivity contribution in [1.29, 1.82) is 0 Å². The van der Waals surface area contributed by atoms with Crippen LogP contribution in [0.2, 0.25) is 0 Å². The highest BCUT2D eigenvalue weighted by Gasteiger charge is 2.39. The van der Waals surface area contributed by atoms with Crippen LogP contribution < -0.4 is 0 Å². The van der Waals surface area contributed by atoms with Crippen LogP contribution in [0.15, 0.2) is 6.20 Å². The molecule has 25 heavy (non-hydrogen) atoms. The number of halogens is 3. The summed E-state index contributed by atoms with van der Waals surface area (Å²) in [5.41, 5.74) is 2.20. The van der Waals surface area contributed by atoms with Gasteiger partial charge in [-0.1, -0.05) is 0 Å². The molecule has 0 bridgehead atoms. The molecule has 0 saturated carbocycles. The summed E-state index contributed by atoms with van der Waals surface area (Å²) in [5.74, 6) is -0.372. The SMILES string of the molecule is Cc1[nH]ncc1CN1CCN([C@@H]2CCCN(CC(F)(F)F)C2=O)CC1. The van der Waals surface area contributed by atoms with Gasteiger partial charge in [-0.3, -0.25) is 19.7 Å². The molecule has 6 nitrogen and oxygen atoms in total. The van der Waals surface area contributed by atoms with Gasteiger partial charge in [0.2, 0.25) is 5.91 Å². The Bertz CT molecular complexity index is 595. The van der Waals surface area contributed by atoms with Crippen LogP contribution in [-0.4, -0.2) is 82.3 Å². The van der Waals surface area contributed by atoms with E-state index in [0.717, 1.165) is 35.8 Å². The van der Waals surface area contributed by atoms with Crippen LogP contribution in [-0.2, 0) is 11.3 Å². The molecule has 0 aromatic carbocycles. The number of carbonyl (C=O) groups excluding carboxylic acids is 1. The van der Waals surface area contributed by atoms with Gasteiger partial charge in [-0.15, -0.1) is 0 Å². The Morgan fingerprint density at radius 2 is 1.96 bits per heavy atom. The average molecular weight is 359 g/mol. The minimum absolute atomic E-state index is 0.203. The van der Waals surface area contributed by atoms with E-state index in [9.17, 15) is 18.0 Å². The first kappa shape index (κ1) is 18.2. The number of rotatable bonds is 4. The summed E-state index contributed by atoms with van der Waals surface area (Å²) in [6, 6.07) is -0.408. The number of aryl methyl sites for hydroxylation is 1. The van der Waals surface area contributed by atoms with Gasteiger partial charge in [0.15, 0.2) is 0 Å². The van der Waals surface area contributed by atoms with Gasteiger partial charge in [-0.25, -0.2) is 0 Å². The molecule has 0 aliphatic carbocycles. The van der Waals surface area contributed by atoms with Gasteiger partial charge in [0, 0.05) is 50.5 Å². The Morgan fingerprint density at radius 1 is 1.24 bits per heavy atom. The normalized spacial score (nSPS) is 24.1. The number of alkyl halides is 3. The predicted octanol–water partition coefficient (Wildman–Crippen LogP) is 1.39. The fourth-order valence-electron chi connectivity index (χ4n) is 3.64. The molecule has 140 valence electrons. The first-order chi connectivity index (χ1) is 11.8. The lowest BCUT2D eigenvalue weighted by Crippen LogP contribution is -2.58. The summed E-state index contributed by atoms with van der Waals surface area (Å²) in [6.45, 7) is 4.85. The van der Waals surface area contributed by atoms with Crippen molar-refractivity contribution in [1.82, 2.24) is 24.9 Å². The van der Waals surface area contributed by atoms with Crippen LogP contribution in [0, 0.1) is 6.92 Å². The molecule has 0 radical (unpaired) electrons. The van der Waals surface area contributed by atoms with Crippen molar-refractivity contribution in [2.75, 3.05) is 39.3 Å². The monoisotopic (exact) mass is 359 g/mol. The highest BCUT2D eigenvalue weighted by Crippen LogP contribution is 2.24. The maximum Gasteiger partial charge on any atom is 0.406 e. The number of carbonyl (C=O) groups is 1. The van der Waals surface area contributed by atoms with Gasteiger partial charge in [0.05, 0.1) is 12.2 Å². The van der Waals surface area contributed by atoms with E-state index in [1.165, 1.54) is 0 Å². The maximum absolute atomic E-state index is 12.6. The maximum atomic E-state index is 12.6. The van der Waals surface area contributed by atoms with Crippen LogP contribution in [0.5, 0.6) is 0 Å². The highest BCUT2D eigenvalue weighted by atomic mass is 19.4. The lowest BCUT2D eigenvalue weighted by Gasteiger charge is -2.42. The summed E-state index contributed by atoms with van der Waals surface area (Å²) in [7, 11) is 0. The van der Waals surface area contributed by atoms with Crippen LogP contribution in [0.4, 0.5) is 13.2 Å². The van der Waals surface area contributed by atoms with Crippen molar-refractivity contribution in [3.63, 3.8) is 0 Å². The number of nitrogens with one attached hydrogen (secondary N) is 1. The molecule has 2 fully saturated rings. The Labute approximate surface area is 144 Å². The third kappa shape index (κ3) is 4.52. The fourth-order valence-corrected chi connectivity index (χ4v) is 3.64. The molecular weight excluding hydrogens is 335 g/mol. The molecule has 1 aromatic heterocycles. The van der Waals surface area contributed by atoms with E-state index >= 15 is 0 Å². The second-order valence-corrected chi connectivity index (χ2v) is 6.87. The van der Waals surface area contributed by atoms with E-state index in [1.807, 2.05) is 18.0 Å². The molecular formula is C16H24F3N5O. The number of aromatic amines is 1. The Morgan fingerprint density at radius 3 is 2.56 bits per heavy atom. The number of nitrogens with zero attached hydrogens (tertiary/aromatic N) is 4. The zero-order valence-corrected chi connectivity index (χ0v) is 14.3. The molecule has 0 spiro atoms. The largest absolute Gasteiger partial charge is 0.406 e. The van der Waals surface area contributed by atoms with Gasteiger partial charge in [0.25, 0.3) is 0 Å². The fraction of sp³-hybridized carbons (Fsp3) is 0.750. The summed E-state index contributed by atoms with van der Waals surface area (Å²) in [5, 5.41) is 6.94. The first-order valence-electron chi connectivity index (χ1n) is 8.64. The second kappa shape index (κ2) is 7.33. The van der Waals surface area contributed by atoms with E-state index in [1.54, 1.807) is 0 Å². The number of aromatic nitrogens is 2. The van der Waals surface area contributed by atoms with E-state index < -0.39 is 18.8 Å². The lowest BCUT2D eigenvalue weighted by atomic mass is 10.0. The molecule has 2 aliphatic heterocycles. The van der Waals surface area contributed by atoms with Crippen molar-refractivity contribution >= 4 is 5.91 Å². The molecule has 3 rings (SSSR count). The quantitative estimate of drug-likeness (QED) is 0.883. The van der Waals surface area contributed by atoms with Crippen LogP contribution in [0.25, 0.3) is 0 Å². The van der Waals surface area contributed by atoms with Gasteiger partial charge in [-0.05, 0) is 19.8 Å². The average Bonchev–Trinajstić information content (AvgIpc) is 2.94. The Hall–Kier alpha value is -1.61. The second-order valence-electron chi connectivity index (χ2n) is 6.87. The molecule has 1 atom stereocenters. The molecule has 1 amide bonds. The van der Waals surface area contributed by atoms with Crippen molar-refractivity contribution in [3.05, 3.63) is 17.5 Å². The van der Waals surface area contributed by atoms with E-state index in [4.69, 9.17) is 0 Å². The van der Waals surface area contributed by atoms with Gasteiger partial charge >= 0.3 is 6.18 Å². The number of hydrogen-bond donors (Lipinski definition) is 1. The highest BCUT2D eigenvalue weighted by molar-refractivity contribution is 5.82. The minimum atomic E-state index is -4.33. The summed E-state index contributed by atoms with van der Waals surface area (Å²) in [6.07, 6.45) is -1.24. The van der Waals surface area contributed by atoms with Crippen molar-refractivity contribution in [2.45, 2.75) is 38.5 Å². The van der Waals surface area contributed by atoms with Gasteiger partial charge in [0.1, 0.15) is 6.54 Å². The first-order valence-corrected chi connectivity index (χ1v) is 8.64. The van der Waals surface area contributed by atoms with Crippen LogP contribution >= 0.6 is 0 Å². The van der Waals surface area contributed by atoms with E-state index in [-0.39, 0.29) is 12.5 Å². The minimum Gasteiger partial charge on any atom is -0.332 e. The summed E-state index contributed by atoms with van der Waals surface area (Å²) < 4.78 is 37.9. The molecule has 1 N–H and O–H groups in total. The zero-order valence-electron chi connectivity index (χ0n) is 14.3. The standard InChI is InChI=1S/C16H24F3N5O/c1-12-13(9-20-21-12)10-22-5-7-23(8-6-22)14-3-2-4-24(15(14)25)11-16(17,18)19/h9,14H,2-8,10-11H2,1H3,(H,20,21)/t14-/m1/s1. The summed E-state index contributed by atoms with van der Waals surface area (Å²) in [4.78, 5) is 17.7. The molecule has 2 saturated heterocycles. The Balaban J connectivity index is 1.53. The lowest BCUT2D eigenvalue weighted by molar-refractivity contribution is -0.168. The van der Waals surface area contributed by atoms with Crippen LogP contribution in [0.3, 0.4) is 0 Å². The molecule has 0 unspecified atom stereocenters. The van der Waals surface area contributed by atoms with Crippen molar-refractivity contribution in [3.8, 4) is 0 Å². The number of hydrogen-bond acceptors (Lipinski definition) is 4. The third-order valence-electron chi connectivity index (χ3n) is 5.05. The van der Waals surface area contributed by atoms with E-state index in [0.29, 0.717) is 25.9 Å². The smallest absolute Gasteiger partial charge is 0.332 e. The summed E-state index contributed by atoms with van der Waals surface area (Å²) >= 11 is 0. The van der Waals surface area contributed by atoms with E-state index in [2.05, 4.69) is 15.1 Å². The van der Waals surface area contributed by atoms with Crippen LogP contribution in [0.1, 0.15) is 24.1 Å². The Kier molecular flexibility index (Phi) is 5.33. The number of piperidine rings is 1. The van der Waals surface area contributed by atoms with Gasteiger partial charge < -0.3 is 4.90 Å². The van der Waals surface area contributed by atoms with Crippen molar-refractivity contribution < 1.29 is 18.0 Å². The molecule has 9 heteroatoms. The van der Waals surface area contributed by atoms with Gasteiger partial charge in [-0.2, -0.15) is 18.3 Å². The molecule has 1 aromatic rings.